The molecule has 0 N–H and O–H groups in total. The van der Waals surface area contributed by atoms with Crippen molar-refractivity contribution in [2.45, 2.75) is 118 Å². The molecule has 278 valence electrons. The summed E-state index contributed by atoms with van der Waals surface area (Å²) in [6, 6.07) is 28.8. The monoisotopic (exact) mass is 885 g/mol. The molecule has 6 heteroatoms. The zero-order valence-corrected chi connectivity index (χ0v) is 35.0. The molecule has 0 saturated carbocycles. The van der Waals surface area contributed by atoms with Crippen LogP contribution in [-0.2, 0) is 45.7 Å². The summed E-state index contributed by atoms with van der Waals surface area (Å²) in [6.07, 6.45) is 13.0. The van der Waals surface area contributed by atoms with Crippen molar-refractivity contribution in [3.63, 3.8) is 0 Å². The topological polar surface area (TPSA) is 44.9 Å². The van der Waals surface area contributed by atoms with Gasteiger partial charge in [0, 0.05) is 40.4 Å². The molecule has 0 spiro atoms. The maximum Gasteiger partial charge on any atom is 2.00 e. The van der Waals surface area contributed by atoms with E-state index in [2.05, 4.69) is 137 Å². The Labute approximate surface area is 331 Å². The number of rotatable bonds is 11. The average Bonchev–Trinajstić information content (AvgIpc) is 3.69. The second kappa shape index (κ2) is 16.2. The number of para-hydroxylation sites is 1. The number of hydrogen-bond donors (Lipinski definition) is 0. The number of aryl methyl sites for hydroxylation is 2. The number of benzene rings is 3. The van der Waals surface area contributed by atoms with Gasteiger partial charge in [0.15, 0.2) is 0 Å². The van der Waals surface area contributed by atoms with E-state index in [1.807, 2.05) is 12.3 Å². The summed E-state index contributed by atoms with van der Waals surface area (Å²) < 4.78 is 11.2. The molecule has 2 atom stereocenters. The van der Waals surface area contributed by atoms with Crippen molar-refractivity contribution in [1.82, 2.24) is 19.3 Å². The van der Waals surface area contributed by atoms with Crippen LogP contribution in [0.2, 0.25) is 0 Å². The number of allylic oxidation sites excluding steroid dienone is 2. The minimum atomic E-state index is -0.109. The number of ether oxygens (including phenoxy) is 1. The van der Waals surface area contributed by atoms with Gasteiger partial charge in [-0.05, 0) is 84.7 Å². The SMILES string of the molecule is CCCc1ccnc(-n2c3[c-]c(Oc4[c-]c(-n5nc(CC)c(C6C(CC)=CCC[C@@H]6CC)c5CC)cc(C(C)(C)C)c4)ccc3c3ccccc32)c1.[Pt+2]. The first kappa shape index (κ1) is 38.8. The second-order valence-corrected chi connectivity index (χ2v) is 15.5. The van der Waals surface area contributed by atoms with Crippen LogP contribution in [0.15, 0.2) is 78.5 Å². The Bertz CT molecular complexity index is 2250. The van der Waals surface area contributed by atoms with Crippen molar-refractivity contribution < 1.29 is 25.8 Å². The van der Waals surface area contributed by atoms with Gasteiger partial charge in [-0.25, -0.2) is 4.98 Å². The smallest absolute Gasteiger partial charge is 0.509 e. The third kappa shape index (κ3) is 7.44. The van der Waals surface area contributed by atoms with E-state index < -0.39 is 0 Å². The molecule has 0 bridgehead atoms. The van der Waals surface area contributed by atoms with E-state index in [4.69, 9.17) is 14.8 Å². The molecule has 0 aliphatic heterocycles. The van der Waals surface area contributed by atoms with Crippen molar-refractivity contribution in [3.05, 3.63) is 119 Å². The van der Waals surface area contributed by atoms with Gasteiger partial charge >= 0.3 is 21.1 Å². The fraction of sp³-hybridized carbons (Fsp3) is 0.404. The fourth-order valence-electron chi connectivity index (χ4n) is 8.43. The van der Waals surface area contributed by atoms with Crippen LogP contribution in [0.1, 0.15) is 121 Å². The Hall–Kier alpha value is -3.95. The third-order valence-corrected chi connectivity index (χ3v) is 11.1. The normalized spacial score (nSPS) is 16.2. The third-order valence-electron chi connectivity index (χ3n) is 11.1. The Morgan fingerprint density at radius 2 is 1.68 bits per heavy atom. The zero-order chi connectivity index (χ0) is 36.6. The van der Waals surface area contributed by atoms with Crippen LogP contribution in [0, 0.1) is 18.1 Å². The summed E-state index contributed by atoms with van der Waals surface area (Å²) in [5.41, 5.74) is 10.9. The number of hydrogen-bond acceptors (Lipinski definition) is 3. The van der Waals surface area contributed by atoms with E-state index in [-0.39, 0.29) is 26.5 Å². The van der Waals surface area contributed by atoms with Crippen molar-refractivity contribution in [2.24, 2.45) is 5.92 Å². The van der Waals surface area contributed by atoms with E-state index in [0.29, 0.717) is 23.3 Å². The van der Waals surface area contributed by atoms with Crippen LogP contribution in [0.3, 0.4) is 0 Å². The summed E-state index contributed by atoms with van der Waals surface area (Å²) in [5, 5.41) is 7.66. The van der Waals surface area contributed by atoms with Gasteiger partial charge in [0.25, 0.3) is 0 Å². The van der Waals surface area contributed by atoms with Crippen LogP contribution in [0.25, 0.3) is 33.3 Å². The largest absolute Gasteiger partial charge is 2.00 e. The van der Waals surface area contributed by atoms with Gasteiger partial charge in [0.2, 0.25) is 0 Å². The summed E-state index contributed by atoms with van der Waals surface area (Å²) in [4.78, 5) is 4.83. The maximum atomic E-state index is 6.76. The number of aromatic nitrogens is 4. The molecule has 7 rings (SSSR count). The van der Waals surface area contributed by atoms with E-state index in [1.54, 1.807) is 5.57 Å². The molecule has 5 nitrogen and oxygen atoms in total. The van der Waals surface area contributed by atoms with Gasteiger partial charge in [-0.15, -0.1) is 41.3 Å². The van der Waals surface area contributed by atoms with Gasteiger partial charge in [0.05, 0.1) is 5.69 Å². The average molecular weight is 886 g/mol. The van der Waals surface area contributed by atoms with Crippen molar-refractivity contribution in [1.29, 1.82) is 0 Å². The predicted molar refractivity (Wildman–Crippen MR) is 215 cm³/mol. The minimum Gasteiger partial charge on any atom is -0.509 e. The number of nitrogens with zero attached hydrogens (tertiary/aromatic N) is 4. The van der Waals surface area contributed by atoms with Crippen molar-refractivity contribution in [3.8, 4) is 23.0 Å². The quantitative estimate of drug-likeness (QED) is 0.0962. The van der Waals surface area contributed by atoms with Crippen molar-refractivity contribution in [2.75, 3.05) is 0 Å². The fourth-order valence-corrected chi connectivity index (χ4v) is 8.43. The molecule has 1 aliphatic carbocycles. The molecule has 0 saturated heterocycles. The van der Waals surface area contributed by atoms with Gasteiger partial charge < -0.3 is 9.30 Å². The molecule has 53 heavy (non-hydrogen) atoms. The van der Waals surface area contributed by atoms with Gasteiger partial charge in [-0.3, -0.25) is 4.68 Å². The summed E-state index contributed by atoms with van der Waals surface area (Å²) in [6.45, 7) is 18.2. The van der Waals surface area contributed by atoms with Gasteiger partial charge in [-0.2, -0.15) is 11.2 Å². The Kier molecular flexibility index (Phi) is 11.8. The van der Waals surface area contributed by atoms with Crippen LogP contribution >= 0.6 is 0 Å². The van der Waals surface area contributed by atoms with E-state index >= 15 is 0 Å². The number of fused-ring (bicyclic) bond motifs is 3. The molecule has 1 aliphatic rings. The van der Waals surface area contributed by atoms with Crippen LogP contribution in [0.5, 0.6) is 11.5 Å². The Morgan fingerprint density at radius 3 is 2.40 bits per heavy atom. The molecule has 0 radical (unpaired) electrons. The van der Waals surface area contributed by atoms with Gasteiger partial charge in [0.1, 0.15) is 5.82 Å². The first-order valence-corrected chi connectivity index (χ1v) is 19.6. The van der Waals surface area contributed by atoms with E-state index in [9.17, 15) is 0 Å². The molecule has 0 amide bonds. The predicted octanol–water partition coefficient (Wildman–Crippen LogP) is 12.4. The first-order valence-electron chi connectivity index (χ1n) is 19.6. The second-order valence-electron chi connectivity index (χ2n) is 15.5. The molecular weight excluding hydrogens is 832 g/mol. The van der Waals surface area contributed by atoms with Gasteiger partial charge in [-0.1, -0.05) is 104 Å². The molecule has 3 aromatic carbocycles. The zero-order valence-electron chi connectivity index (χ0n) is 32.8. The maximum absolute atomic E-state index is 6.76. The van der Waals surface area contributed by atoms with Crippen LogP contribution in [-0.4, -0.2) is 19.3 Å². The first-order chi connectivity index (χ1) is 25.2. The Balaban J connectivity index is 0.00000481. The van der Waals surface area contributed by atoms with Crippen LogP contribution < -0.4 is 4.74 Å². The number of pyridine rings is 1. The van der Waals surface area contributed by atoms with Crippen molar-refractivity contribution >= 4 is 21.8 Å². The summed E-state index contributed by atoms with van der Waals surface area (Å²) >= 11 is 0. The standard InChI is InChI=1S/C47H54N4O.Pt/c1-9-17-31-24-25-48-44(26-31)50-42-21-15-14-20-38(42)39-23-22-36(30-43(39)50)52-37-28-34(47(6,7)8)27-35(29-37)51-41(13-5)46(40(12-4)49-51)45-32(10-2)18-16-19-33(45)11-3;/h14-15,18,20-28,33,45H,9-13,16-17,19H2,1-8H3;/q-2;+2/t33-,45?;/m0./s1. The van der Waals surface area contributed by atoms with Crippen LogP contribution in [0.4, 0.5) is 0 Å². The molecular formula is C47H54N4OPt. The van der Waals surface area contributed by atoms with E-state index in [0.717, 1.165) is 60.0 Å². The molecule has 3 aromatic heterocycles. The summed E-state index contributed by atoms with van der Waals surface area (Å²) in [7, 11) is 0. The molecule has 6 aromatic rings. The molecule has 3 heterocycles. The molecule has 0 fully saturated rings. The minimum absolute atomic E-state index is 0. The Morgan fingerprint density at radius 1 is 0.868 bits per heavy atom. The summed E-state index contributed by atoms with van der Waals surface area (Å²) in [5.74, 6) is 3.27. The molecule has 1 unspecified atom stereocenters. The van der Waals surface area contributed by atoms with E-state index in [1.165, 1.54) is 52.7 Å².